The first kappa shape index (κ1) is 15.8. The van der Waals surface area contributed by atoms with Crippen LogP contribution in [0.2, 0.25) is 0 Å². The van der Waals surface area contributed by atoms with Gasteiger partial charge in [0.2, 0.25) is 0 Å². The van der Waals surface area contributed by atoms with Gasteiger partial charge in [-0.1, -0.05) is 26.3 Å². The van der Waals surface area contributed by atoms with Gasteiger partial charge in [0.05, 0.1) is 6.61 Å². The summed E-state index contributed by atoms with van der Waals surface area (Å²) in [6, 6.07) is 6.13. The molecule has 1 unspecified atom stereocenters. The van der Waals surface area contributed by atoms with Crippen LogP contribution in [0.3, 0.4) is 0 Å². The molecule has 3 heteroatoms. The van der Waals surface area contributed by atoms with Gasteiger partial charge in [-0.25, -0.2) is 0 Å². The average Bonchev–Trinajstić information content (AvgIpc) is 2.39. The highest BCUT2D eigenvalue weighted by atomic mass is 16.5. The lowest BCUT2D eigenvalue weighted by Gasteiger charge is -2.24. The maximum atomic E-state index is 10.0. The number of rotatable bonds is 8. The number of phenolic OH excluding ortho intramolecular Hbond substituents is 1. The molecule has 3 nitrogen and oxygen atoms in total. The van der Waals surface area contributed by atoms with Crippen LogP contribution >= 0.6 is 0 Å². The maximum Gasteiger partial charge on any atom is 0.123 e. The summed E-state index contributed by atoms with van der Waals surface area (Å²) in [5, 5.41) is 10.0. The van der Waals surface area contributed by atoms with Gasteiger partial charge in [0.1, 0.15) is 11.5 Å². The molecule has 0 heterocycles. The predicted molar refractivity (Wildman–Crippen MR) is 79.7 cm³/mol. The zero-order valence-electron chi connectivity index (χ0n) is 12.6. The Morgan fingerprint density at radius 2 is 2.00 bits per heavy atom. The van der Waals surface area contributed by atoms with Crippen molar-refractivity contribution in [2.24, 2.45) is 0 Å². The summed E-state index contributed by atoms with van der Waals surface area (Å²) >= 11 is 0. The minimum atomic E-state index is 0.323. The number of nitrogens with zero attached hydrogens (tertiary/aromatic N) is 1. The molecule has 1 aromatic carbocycles. The molecule has 0 saturated carbocycles. The summed E-state index contributed by atoms with van der Waals surface area (Å²) in [6.45, 7) is 7.94. The molecule has 0 aliphatic carbocycles. The lowest BCUT2D eigenvalue weighted by atomic mass is 10.1. The molecule has 108 valence electrons. The molecule has 0 fully saturated rings. The fourth-order valence-corrected chi connectivity index (χ4v) is 2.05. The Hall–Kier alpha value is -1.22. The van der Waals surface area contributed by atoms with Crippen LogP contribution in [0.25, 0.3) is 0 Å². The van der Waals surface area contributed by atoms with Gasteiger partial charge in [-0.05, 0) is 32.9 Å². The minimum Gasteiger partial charge on any atom is -0.507 e. The Labute approximate surface area is 117 Å². The van der Waals surface area contributed by atoms with Crippen LogP contribution in [0.5, 0.6) is 11.5 Å². The van der Waals surface area contributed by atoms with Gasteiger partial charge in [-0.3, -0.25) is 4.90 Å². The molecule has 19 heavy (non-hydrogen) atoms. The van der Waals surface area contributed by atoms with E-state index in [-0.39, 0.29) is 0 Å². The van der Waals surface area contributed by atoms with Gasteiger partial charge < -0.3 is 9.84 Å². The first-order valence-corrected chi connectivity index (χ1v) is 7.23. The number of aromatic hydroxyl groups is 1. The normalized spacial score (nSPS) is 12.7. The van der Waals surface area contributed by atoms with E-state index < -0.39 is 0 Å². The van der Waals surface area contributed by atoms with Crippen molar-refractivity contribution < 1.29 is 9.84 Å². The number of ether oxygens (including phenoxy) is 1. The molecule has 0 aliphatic heterocycles. The van der Waals surface area contributed by atoms with Gasteiger partial charge in [0.25, 0.3) is 0 Å². The van der Waals surface area contributed by atoms with Crippen LogP contribution in [0, 0.1) is 0 Å². The molecule has 1 atom stereocenters. The maximum absolute atomic E-state index is 10.0. The zero-order chi connectivity index (χ0) is 14.3. The van der Waals surface area contributed by atoms with E-state index in [0.717, 1.165) is 24.3 Å². The van der Waals surface area contributed by atoms with Crippen LogP contribution in [-0.2, 0) is 6.54 Å². The molecular formula is C16H27NO2. The third-order valence-corrected chi connectivity index (χ3v) is 3.41. The van der Waals surface area contributed by atoms with E-state index in [4.69, 9.17) is 4.74 Å². The molecule has 0 aromatic heterocycles. The van der Waals surface area contributed by atoms with Crippen LogP contribution in [0.4, 0.5) is 0 Å². The van der Waals surface area contributed by atoms with Crippen molar-refractivity contribution in [1.82, 2.24) is 4.90 Å². The second-order valence-corrected chi connectivity index (χ2v) is 5.19. The molecule has 0 bridgehead atoms. The molecule has 1 aromatic rings. The molecule has 0 aliphatic rings. The fraction of sp³-hybridized carbons (Fsp3) is 0.625. The molecule has 0 spiro atoms. The molecule has 0 radical (unpaired) electrons. The zero-order valence-corrected chi connectivity index (χ0v) is 12.6. The summed E-state index contributed by atoms with van der Waals surface area (Å²) < 4.78 is 5.51. The van der Waals surface area contributed by atoms with Crippen molar-refractivity contribution in [3.8, 4) is 11.5 Å². The van der Waals surface area contributed by atoms with Crippen LogP contribution in [0.15, 0.2) is 18.2 Å². The summed E-state index contributed by atoms with van der Waals surface area (Å²) in [4.78, 5) is 2.27. The molecule has 0 saturated heterocycles. The third-order valence-electron chi connectivity index (χ3n) is 3.41. The van der Waals surface area contributed by atoms with Gasteiger partial charge in [-0.2, -0.15) is 0 Å². The Morgan fingerprint density at radius 1 is 1.26 bits per heavy atom. The third kappa shape index (κ3) is 5.11. The van der Waals surface area contributed by atoms with Gasteiger partial charge >= 0.3 is 0 Å². The van der Waals surface area contributed by atoms with E-state index in [9.17, 15) is 5.11 Å². The van der Waals surface area contributed by atoms with E-state index in [0.29, 0.717) is 18.4 Å². The molecule has 1 rings (SSSR count). The topological polar surface area (TPSA) is 32.7 Å². The first-order chi connectivity index (χ1) is 9.08. The van der Waals surface area contributed by atoms with Gasteiger partial charge in [-0.15, -0.1) is 0 Å². The Morgan fingerprint density at radius 3 is 2.58 bits per heavy atom. The van der Waals surface area contributed by atoms with Crippen molar-refractivity contribution in [3.05, 3.63) is 23.8 Å². The lowest BCUT2D eigenvalue weighted by Crippen LogP contribution is -2.28. The van der Waals surface area contributed by atoms with Crippen molar-refractivity contribution in [3.63, 3.8) is 0 Å². The van der Waals surface area contributed by atoms with Crippen LogP contribution in [0.1, 0.15) is 45.6 Å². The fourth-order valence-electron chi connectivity index (χ4n) is 2.05. The molecular weight excluding hydrogens is 238 g/mol. The number of hydrogen-bond donors (Lipinski definition) is 1. The summed E-state index contributed by atoms with van der Waals surface area (Å²) in [6.07, 6.45) is 3.33. The van der Waals surface area contributed by atoms with Crippen molar-refractivity contribution >= 4 is 0 Å². The average molecular weight is 265 g/mol. The SMILES string of the molecule is CCCOc1ccc(CN(C)C(C)CCC)c(O)c1. The molecule has 1 N–H and O–H groups in total. The summed E-state index contributed by atoms with van der Waals surface area (Å²) in [5.41, 5.74) is 0.953. The van der Waals surface area contributed by atoms with Gasteiger partial charge in [0.15, 0.2) is 0 Å². The lowest BCUT2D eigenvalue weighted by molar-refractivity contribution is 0.234. The Bertz CT molecular complexity index is 379. The number of benzene rings is 1. The van der Waals surface area contributed by atoms with E-state index in [1.54, 1.807) is 6.07 Å². The van der Waals surface area contributed by atoms with E-state index in [2.05, 4.69) is 32.7 Å². The quantitative estimate of drug-likeness (QED) is 0.776. The minimum absolute atomic E-state index is 0.323. The van der Waals surface area contributed by atoms with E-state index in [1.807, 2.05) is 12.1 Å². The largest absolute Gasteiger partial charge is 0.507 e. The van der Waals surface area contributed by atoms with Gasteiger partial charge in [0, 0.05) is 24.2 Å². The Kier molecular flexibility index (Phi) is 6.71. The number of phenols is 1. The second-order valence-electron chi connectivity index (χ2n) is 5.19. The predicted octanol–water partition coefficient (Wildman–Crippen LogP) is 3.80. The summed E-state index contributed by atoms with van der Waals surface area (Å²) in [7, 11) is 2.10. The monoisotopic (exact) mass is 265 g/mol. The highest BCUT2D eigenvalue weighted by Crippen LogP contribution is 2.25. The summed E-state index contributed by atoms with van der Waals surface area (Å²) in [5.74, 6) is 1.07. The van der Waals surface area contributed by atoms with E-state index in [1.165, 1.54) is 12.8 Å². The van der Waals surface area contributed by atoms with Crippen molar-refractivity contribution in [1.29, 1.82) is 0 Å². The first-order valence-electron chi connectivity index (χ1n) is 7.23. The van der Waals surface area contributed by atoms with Crippen molar-refractivity contribution in [2.45, 2.75) is 52.6 Å². The highest BCUT2D eigenvalue weighted by Gasteiger charge is 2.11. The van der Waals surface area contributed by atoms with E-state index >= 15 is 0 Å². The smallest absolute Gasteiger partial charge is 0.123 e. The Balaban J connectivity index is 2.63. The van der Waals surface area contributed by atoms with Crippen LogP contribution in [-0.4, -0.2) is 29.7 Å². The van der Waals surface area contributed by atoms with Crippen molar-refractivity contribution in [2.75, 3.05) is 13.7 Å². The van der Waals surface area contributed by atoms with Crippen LogP contribution < -0.4 is 4.74 Å². The number of hydrogen-bond acceptors (Lipinski definition) is 3. The highest BCUT2D eigenvalue weighted by molar-refractivity contribution is 5.39. The molecule has 0 amide bonds. The standard InChI is InChI=1S/C16H27NO2/c1-5-7-13(3)17(4)12-14-8-9-15(11-16(14)18)19-10-6-2/h8-9,11,13,18H,5-7,10,12H2,1-4H3. The second kappa shape index (κ2) is 8.05.